The molecule has 1 heterocycles. The standard InChI is InChI=1S/C17H21NO3/c19-15-10-9-14(17(20)21)16(13-7-2-1-3-8-13)18(15)11-12-5-4-6-12/h1-3,7-8,12,14,16H,4-6,9-11H2,(H,20,21). The van der Waals surface area contributed by atoms with Crippen molar-refractivity contribution < 1.29 is 14.7 Å². The fourth-order valence-corrected chi connectivity index (χ4v) is 3.44. The Morgan fingerprint density at radius 3 is 2.48 bits per heavy atom. The van der Waals surface area contributed by atoms with Gasteiger partial charge in [-0.2, -0.15) is 0 Å². The summed E-state index contributed by atoms with van der Waals surface area (Å²) in [5, 5.41) is 9.54. The highest BCUT2D eigenvalue weighted by Crippen LogP contribution is 2.39. The number of hydrogen-bond donors (Lipinski definition) is 1. The Bertz CT molecular complexity index is 524. The second-order valence-electron chi connectivity index (χ2n) is 6.18. The number of aliphatic carboxylic acids is 1. The van der Waals surface area contributed by atoms with Crippen LogP contribution in [-0.2, 0) is 9.59 Å². The first-order chi connectivity index (χ1) is 10.2. The van der Waals surface area contributed by atoms with Gasteiger partial charge in [-0.1, -0.05) is 36.8 Å². The number of benzene rings is 1. The van der Waals surface area contributed by atoms with Crippen molar-refractivity contribution in [3.8, 4) is 0 Å². The summed E-state index contributed by atoms with van der Waals surface area (Å²) >= 11 is 0. The maximum atomic E-state index is 12.4. The fraction of sp³-hybridized carbons (Fsp3) is 0.529. The van der Waals surface area contributed by atoms with Crippen LogP contribution in [0.5, 0.6) is 0 Å². The predicted molar refractivity (Wildman–Crippen MR) is 78.6 cm³/mol. The number of likely N-dealkylation sites (tertiary alicyclic amines) is 1. The minimum atomic E-state index is -0.796. The van der Waals surface area contributed by atoms with E-state index in [1.807, 2.05) is 35.2 Å². The Labute approximate surface area is 124 Å². The second kappa shape index (κ2) is 5.88. The zero-order valence-electron chi connectivity index (χ0n) is 12.1. The summed E-state index contributed by atoms with van der Waals surface area (Å²) in [6.45, 7) is 0.710. The SMILES string of the molecule is O=C(O)C1CCC(=O)N(CC2CCC2)C1c1ccccc1. The van der Waals surface area contributed by atoms with Crippen LogP contribution in [0.1, 0.15) is 43.7 Å². The Balaban J connectivity index is 1.91. The van der Waals surface area contributed by atoms with Gasteiger partial charge in [0.1, 0.15) is 0 Å². The molecule has 1 saturated heterocycles. The normalized spacial score (nSPS) is 26.5. The molecule has 2 aliphatic rings. The minimum absolute atomic E-state index is 0.105. The summed E-state index contributed by atoms with van der Waals surface area (Å²) in [4.78, 5) is 25.8. The Morgan fingerprint density at radius 1 is 1.19 bits per heavy atom. The molecule has 2 atom stereocenters. The van der Waals surface area contributed by atoms with Gasteiger partial charge in [0.05, 0.1) is 12.0 Å². The largest absolute Gasteiger partial charge is 0.481 e. The molecular weight excluding hydrogens is 266 g/mol. The van der Waals surface area contributed by atoms with Crippen LogP contribution in [-0.4, -0.2) is 28.4 Å². The lowest BCUT2D eigenvalue weighted by molar-refractivity contribution is -0.153. The summed E-state index contributed by atoms with van der Waals surface area (Å²) < 4.78 is 0. The van der Waals surface area contributed by atoms with Crippen LogP contribution in [0.2, 0.25) is 0 Å². The van der Waals surface area contributed by atoms with Crippen molar-refractivity contribution in [2.45, 2.75) is 38.1 Å². The van der Waals surface area contributed by atoms with Crippen LogP contribution in [0, 0.1) is 11.8 Å². The number of carbonyl (C=O) groups excluding carboxylic acids is 1. The number of amides is 1. The van der Waals surface area contributed by atoms with E-state index in [1.165, 1.54) is 6.42 Å². The molecule has 2 fully saturated rings. The van der Waals surface area contributed by atoms with E-state index >= 15 is 0 Å². The molecule has 1 N–H and O–H groups in total. The van der Waals surface area contributed by atoms with Crippen molar-refractivity contribution in [2.75, 3.05) is 6.54 Å². The molecule has 1 saturated carbocycles. The molecule has 1 aliphatic heterocycles. The van der Waals surface area contributed by atoms with Crippen LogP contribution in [0.15, 0.2) is 30.3 Å². The van der Waals surface area contributed by atoms with Crippen molar-refractivity contribution >= 4 is 11.9 Å². The zero-order chi connectivity index (χ0) is 14.8. The van der Waals surface area contributed by atoms with Gasteiger partial charge in [0.25, 0.3) is 0 Å². The van der Waals surface area contributed by atoms with Crippen LogP contribution in [0.25, 0.3) is 0 Å². The van der Waals surface area contributed by atoms with Crippen LogP contribution >= 0.6 is 0 Å². The van der Waals surface area contributed by atoms with E-state index in [9.17, 15) is 14.7 Å². The summed E-state index contributed by atoms with van der Waals surface area (Å²) in [6, 6.07) is 9.30. The third-order valence-electron chi connectivity index (χ3n) is 4.84. The molecule has 4 nitrogen and oxygen atoms in total. The van der Waals surface area contributed by atoms with Gasteiger partial charge < -0.3 is 10.0 Å². The van der Waals surface area contributed by atoms with Crippen molar-refractivity contribution in [3.63, 3.8) is 0 Å². The number of hydrogen-bond acceptors (Lipinski definition) is 2. The molecule has 0 radical (unpaired) electrons. The van der Waals surface area contributed by atoms with Crippen LogP contribution < -0.4 is 0 Å². The van der Waals surface area contributed by atoms with Gasteiger partial charge in [-0.25, -0.2) is 0 Å². The number of carbonyl (C=O) groups is 2. The van der Waals surface area contributed by atoms with E-state index in [1.54, 1.807) is 0 Å². The van der Waals surface area contributed by atoms with Gasteiger partial charge in [0.2, 0.25) is 5.91 Å². The molecule has 0 aromatic heterocycles. The van der Waals surface area contributed by atoms with E-state index in [4.69, 9.17) is 0 Å². The first kappa shape index (κ1) is 14.1. The molecule has 1 aromatic carbocycles. The van der Waals surface area contributed by atoms with Crippen molar-refractivity contribution in [1.29, 1.82) is 0 Å². The molecule has 3 rings (SSSR count). The van der Waals surface area contributed by atoms with E-state index in [-0.39, 0.29) is 11.9 Å². The number of nitrogens with zero attached hydrogens (tertiary/aromatic N) is 1. The lowest BCUT2D eigenvalue weighted by Gasteiger charge is -2.43. The minimum Gasteiger partial charge on any atom is -0.481 e. The highest BCUT2D eigenvalue weighted by Gasteiger charge is 2.41. The topological polar surface area (TPSA) is 57.6 Å². The van der Waals surface area contributed by atoms with Gasteiger partial charge in [0.15, 0.2) is 0 Å². The van der Waals surface area contributed by atoms with E-state index in [2.05, 4.69) is 0 Å². The molecule has 21 heavy (non-hydrogen) atoms. The van der Waals surface area contributed by atoms with Gasteiger partial charge in [-0.15, -0.1) is 0 Å². The summed E-state index contributed by atoms with van der Waals surface area (Å²) in [5.74, 6) is -0.638. The molecule has 4 heteroatoms. The Morgan fingerprint density at radius 2 is 1.90 bits per heavy atom. The van der Waals surface area contributed by atoms with Crippen LogP contribution in [0.4, 0.5) is 0 Å². The van der Waals surface area contributed by atoms with Gasteiger partial charge in [-0.3, -0.25) is 9.59 Å². The van der Waals surface area contributed by atoms with E-state index in [0.717, 1.165) is 18.4 Å². The molecule has 1 aromatic rings. The van der Waals surface area contributed by atoms with Gasteiger partial charge in [-0.05, 0) is 30.7 Å². The first-order valence-electron chi connectivity index (χ1n) is 7.74. The zero-order valence-corrected chi connectivity index (χ0v) is 12.1. The second-order valence-corrected chi connectivity index (χ2v) is 6.18. The fourth-order valence-electron chi connectivity index (χ4n) is 3.44. The predicted octanol–water partition coefficient (Wildman–Crippen LogP) is 2.85. The average Bonchev–Trinajstić information content (AvgIpc) is 2.44. The maximum Gasteiger partial charge on any atom is 0.308 e. The molecule has 112 valence electrons. The Hall–Kier alpha value is -1.84. The third-order valence-corrected chi connectivity index (χ3v) is 4.84. The smallest absolute Gasteiger partial charge is 0.308 e. The lowest BCUT2D eigenvalue weighted by Crippen LogP contribution is -2.47. The summed E-state index contributed by atoms with van der Waals surface area (Å²) in [5.41, 5.74) is 0.942. The summed E-state index contributed by atoms with van der Waals surface area (Å²) in [6.07, 6.45) is 4.33. The molecule has 2 unspecified atom stereocenters. The average molecular weight is 287 g/mol. The number of piperidine rings is 1. The number of rotatable bonds is 4. The van der Waals surface area contributed by atoms with E-state index < -0.39 is 11.9 Å². The lowest BCUT2D eigenvalue weighted by atomic mass is 9.80. The molecule has 0 bridgehead atoms. The van der Waals surface area contributed by atoms with Crippen LogP contribution in [0.3, 0.4) is 0 Å². The maximum absolute atomic E-state index is 12.4. The quantitative estimate of drug-likeness (QED) is 0.926. The Kier molecular flexibility index (Phi) is 3.95. The van der Waals surface area contributed by atoms with Crippen molar-refractivity contribution in [3.05, 3.63) is 35.9 Å². The monoisotopic (exact) mass is 287 g/mol. The summed E-state index contributed by atoms with van der Waals surface area (Å²) in [7, 11) is 0. The third kappa shape index (κ3) is 2.80. The molecular formula is C17H21NO3. The number of carboxylic acid groups (broad SMARTS) is 1. The molecule has 1 aliphatic carbocycles. The molecule has 0 spiro atoms. The first-order valence-corrected chi connectivity index (χ1v) is 7.74. The van der Waals surface area contributed by atoms with E-state index in [0.29, 0.717) is 25.3 Å². The highest BCUT2D eigenvalue weighted by molar-refractivity contribution is 5.81. The van der Waals surface area contributed by atoms with Crippen molar-refractivity contribution in [1.82, 2.24) is 4.90 Å². The number of carboxylic acids is 1. The van der Waals surface area contributed by atoms with Gasteiger partial charge in [0, 0.05) is 13.0 Å². The van der Waals surface area contributed by atoms with Crippen molar-refractivity contribution in [2.24, 2.45) is 11.8 Å². The highest BCUT2D eigenvalue weighted by atomic mass is 16.4. The molecule has 1 amide bonds. The van der Waals surface area contributed by atoms with Gasteiger partial charge >= 0.3 is 5.97 Å².